The van der Waals surface area contributed by atoms with Crippen molar-refractivity contribution in [3.8, 4) is 5.69 Å². The first-order valence-electron chi connectivity index (χ1n) is 10.5. The lowest BCUT2D eigenvalue weighted by Crippen LogP contribution is -2.30. The van der Waals surface area contributed by atoms with E-state index in [-0.39, 0.29) is 41.2 Å². The molecule has 1 N–H and O–H groups in total. The van der Waals surface area contributed by atoms with Gasteiger partial charge in [0.1, 0.15) is 11.5 Å². The SMILES string of the molecule is CCN(CC)S(=O)(=O)c1ccc(N[C@@H](C)c2cnn(-c3ccc(F)cc3)c2C)c([N+](=O)[O-])c1. The van der Waals surface area contributed by atoms with Crippen LogP contribution in [-0.4, -0.2) is 40.5 Å². The second-order valence-corrected chi connectivity index (χ2v) is 9.40. The predicted octanol–water partition coefficient (Wildman–Crippen LogP) is 4.43. The topological polar surface area (TPSA) is 110 Å². The standard InChI is InChI=1S/C22H26FN5O4S/c1-5-26(6-2)33(31,32)19-11-12-21(22(13-19)28(29)30)25-15(3)20-14-24-27(16(20)4)18-9-7-17(23)8-10-18/h7-15,25H,5-6H2,1-4H3/t15-/m0/s1. The van der Waals surface area contributed by atoms with E-state index in [0.717, 1.165) is 17.3 Å². The van der Waals surface area contributed by atoms with Crippen molar-refractivity contribution in [3.63, 3.8) is 0 Å². The number of nitro benzene ring substituents is 1. The monoisotopic (exact) mass is 475 g/mol. The summed E-state index contributed by atoms with van der Waals surface area (Å²) >= 11 is 0. The first-order chi connectivity index (χ1) is 15.6. The third-order valence-electron chi connectivity index (χ3n) is 5.47. The molecule has 1 atom stereocenters. The van der Waals surface area contributed by atoms with Gasteiger partial charge in [0.15, 0.2) is 0 Å². The van der Waals surface area contributed by atoms with Crippen LogP contribution in [0.2, 0.25) is 0 Å². The number of nitro groups is 1. The van der Waals surface area contributed by atoms with Gasteiger partial charge in [-0.1, -0.05) is 13.8 Å². The highest BCUT2D eigenvalue weighted by atomic mass is 32.2. The summed E-state index contributed by atoms with van der Waals surface area (Å²) in [6.45, 7) is 7.62. The second kappa shape index (κ2) is 9.67. The summed E-state index contributed by atoms with van der Waals surface area (Å²) in [5.74, 6) is -0.349. The van der Waals surface area contributed by atoms with E-state index in [9.17, 15) is 22.9 Å². The van der Waals surface area contributed by atoms with Crippen LogP contribution in [-0.2, 0) is 10.0 Å². The van der Waals surface area contributed by atoms with E-state index in [0.29, 0.717) is 5.69 Å². The van der Waals surface area contributed by atoms with Gasteiger partial charge < -0.3 is 5.32 Å². The molecule has 11 heteroatoms. The van der Waals surface area contributed by atoms with Crippen LogP contribution in [0.1, 0.15) is 38.1 Å². The highest BCUT2D eigenvalue weighted by molar-refractivity contribution is 7.89. The predicted molar refractivity (Wildman–Crippen MR) is 123 cm³/mol. The number of nitrogens with zero attached hydrogens (tertiary/aromatic N) is 4. The molecule has 0 aliphatic rings. The molecule has 9 nitrogen and oxygen atoms in total. The Bertz CT molecular complexity index is 1250. The summed E-state index contributed by atoms with van der Waals surface area (Å²) in [6, 6.07) is 9.38. The fraction of sp³-hybridized carbons (Fsp3) is 0.318. The van der Waals surface area contributed by atoms with Crippen LogP contribution in [0.3, 0.4) is 0 Å². The Kier molecular flexibility index (Phi) is 7.13. The molecule has 0 fully saturated rings. The number of halogens is 1. The minimum atomic E-state index is -3.83. The van der Waals surface area contributed by atoms with Gasteiger partial charge in [-0.2, -0.15) is 9.40 Å². The van der Waals surface area contributed by atoms with Crippen LogP contribution in [0.5, 0.6) is 0 Å². The molecule has 0 unspecified atom stereocenters. The summed E-state index contributed by atoms with van der Waals surface area (Å²) in [5.41, 5.74) is 2.11. The van der Waals surface area contributed by atoms with E-state index >= 15 is 0 Å². The first-order valence-corrected chi connectivity index (χ1v) is 11.9. The van der Waals surface area contributed by atoms with Gasteiger partial charge >= 0.3 is 0 Å². The molecule has 0 radical (unpaired) electrons. The molecule has 33 heavy (non-hydrogen) atoms. The third-order valence-corrected chi connectivity index (χ3v) is 7.51. The van der Waals surface area contributed by atoms with Crippen molar-refractivity contribution >= 4 is 21.4 Å². The summed E-state index contributed by atoms with van der Waals surface area (Å²) in [5, 5.41) is 19.2. The van der Waals surface area contributed by atoms with Crippen molar-refractivity contribution in [2.45, 2.75) is 38.6 Å². The first kappa shape index (κ1) is 24.3. The van der Waals surface area contributed by atoms with Crippen LogP contribution in [0, 0.1) is 22.9 Å². The molecule has 0 aliphatic carbocycles. The lowest BCUT2D eigenvalue weighted by Gasteiger charge is -2.19. The molecule has 0 aliphatic heterocycles. The van der Waals surface area contributed by atoms with Crippen molar-refractivity contribution in [2.24, 2.45) is 0 Å². The summed E-state index contributed by atoms with van der Waals surface area (Å²) in [4.78, 5) is 11.0. The van der Waals surface area contributed by atoms with Gasteiger partial charge in [-0.3, -0.25) is 10.1 Å². The van der Waals surface area contributed by atoms with Crippen molar-refractivity contribution < 1.29 is 17.7 Å². The van der Waals surface area contributed by atoms with E-state index in [1.165, 1.54) is 28.6 Å². The van der Waals surface area contributed by atoms with Crippen molar-refractivity contribution in [3.05, 3.63) is 75.9 Å². The quantitative estimate of drug-likeness (QED) is 0.362. The van der Waals surface area contributed by atoms with Crippen LogP contribution < -0.4 is 5.32 Å². The Labute approximate surface area is 192 Å². The van der Waals surface area contributed by atoms with Crippen LogP contribution in [0.15, 0.2) is 53.6 Å². The number of rotatable bonds is 9. The Hall–Kier alpha value is -3.31. The molecular weight excluding hydrogens is 449 g/mol. The fourth-order valence-electron chi connectivity index (χ4n) is 3.66. The minimum Gasteiger partial charge on any atom is -0.373 e. The zero-order valence-electron chi connectivity index (χ0n) is 18.8. The molecule has 0 saturated heterocycles. The molecule has 2 aromatic carbocycles. The van der Waals surface area contributed by atoms with Gasteiger partial charge in [0.05, 0.1) is 27.7 Å². The number of benzene rings is 2. The van der Waals surface area contributed by atoms with E-state index in [4.69, 9.17) is 0 Å². The Balaban J connectivity index is 1.92. The lowest BCUT2D eigenvalue weighted by molar-refractivity contribution is -0.384. The largest absolute Gasteiger partial charge is 0.373 e. The second-order valence-electron chi connectivity index (χ2n) is 7.46. The van der Waals surface area contributed by atoms with Gasteiger partial charge in [0, 0.05) is 30.4 Å². The van der Waals surface area contributed by atoms with E-state index < -0.39 is 14.9 Å². The number of anilines is 1. The van der Waals surface area contributed by atoms with Gasteiger partial charge in [-0.25, -0.2) is 17.5 Å². The van der Waals surface area contributed by atoms with Crippen LogP contribution in [0.4, 0.5) is 15.8 Å². The molecule has 176 valence electrons. The van der Waals surface area contributed by atoms with Crippen molar-refractivity contribution in [1.82, 2.24) is 14.1 Å². The molecule has 0 bridgehead atoms. The molecule has 0 saturated carbocycles. The fourth-order valence-corrected chi connectivity index (χ4v) is 5.14. The zero-order chi connectivity index (χ0) is 24.3. The number of nitrogens with one attached hydrogen (secondary N) is 1. The summed E-state index contributed by atoms with van der Waals surface area (Å²) in [6.07, 6.45) is 1.64. The number of sulfonamides is 1. The van der Waals surface area contributed by atoms with Gasteiger partial charge in [-0.15, -0.1) is 0 Å². The summed E-state index contributed by atoms with van der Waals surface area (Å²) < 4.78 is 41.7. The molecule has 3 rings (SSSR count). The molecule has 1 heterocycles. The summed E-state index contributed by atoms with van der Waals surface area (Å²) in [7, 11) is -3.83. The van der Waals surface area contributed by atoms with Gasteiger partial charge in [0.2, 0.25) is 10.0 Å². The lowest BCUT2D eigenvalue weighted by atomic mass is 10.1. The molecule has 0 spiro atoms. The van der Waals surface area contributed by atoms with Crippen LogP contribution >= 0.6 is 0 Å². The Morgan fingerprint density at radius 1 is 1.18 bits per heavy atom. The Morgan fingerprint density at radius 3 is 2.39 bits per heavy atom. The van der Waals surface area contributed by atoms with Gasteiger partial charge in [-0.05, 0) is 50.2 Å². The maximum Gasteiger partial charge on any atom is 0.293 e. The molecular formula is C22H26FN5O4S. The number of hydrogen-bond donors (Lipinski definition) is 1. The highest BCUT2D eigenvalue weighted by Crippen LogP contribution is 2.32. The number of hydrogen-bond acceptors (Lipinski definition) is 6. The zero-order valence-corrected chi connectivity index (χ0v) is 19.6. The average Bonchev–Trinajstić information content (AvgIpc) is 3.16. The van der Waals surface area contributed by atoms with Crippen molar-refractivity contribution in [2.75, 3.05) is 18.4 Å². The normalized spacial score (nSPS) is 12.7. The molecule has 3 aromatic rings. The maximum absolute atomic E-state index is 13.2. The van der Waals surface area contributed by atoms with Gasteiger partial charge in [0.25, 0.3) is 5.69 Å². The highest BCUT2D eigenvalue weighted by Gasteiger charge is 2.26. The third kappa shape index (κ3) is 4.88. The number of aromatic nitrogens is 2. The van der Waals surface area contributed by atoms with Crippen molar-refractivity contribution in [1.29, 1.82) is 0 Å². The smallest absolute Gasteiger partial charge is 0.293 e. The van der Waals surface area contributed by atoms with E-state index in [1.54, 1.807) is 36.9 Å². The van der Waals surface area contributed by atoms with E-state index in [1.807, 2.05) is 13.8 Å². The van der Waals surface area contributed by atoms with Crippen LogP contribution in [0.25, 0.3) is 5.69 Å². The maximum atomic E-state index is 13.2. The Morgan fingerprint density at radius 2 is 1.82 bits per heavy atom. The molecule has 1 aromatic heterocycles. The molecule has 0 amide bonds. The van der Waals surface area contributed by atoms with E-state index in [2.05, 4.69) is 10.4 Å². The minimum absolute atomic E-state index is 0.128. The average molecular weight is 476 g/mol.